The normalized spacial score (nSPS) is 10.2. The highest BCUT2D eigenvalue weighted by Crippen LogP contribution is 2.11. The lowest BCUT2D eigenvalue weighted by Gasteiger charge is -2.10. The van der Waals surface area contributed by atoms with E-state index in [1.807, 2.05) is 20.8 Å². The molecular formula is C13H23N5O2. The Hall–Kier alpha value is -1.89. The van der Waals surface area contributed by atoms with Crippen molar-refractivity contribution in [2.24, 2.45) is 0 Å². The average molecular weight is 281 g/mol. The molecule has 1 amide bonds. The lowest BCUT2D eigenvalue weighted by atomic mass is 10.4. The maximum atomic E-state index is 11.4. The molecule has 1 aromatic heterocycles. The van der Waals surface area contributed by atoms with Gasteiger partial charge in [0.05, 0.1) is 6.54 Å². The molecule has 1 rings (SSSR count). The van der Waals surface area contributed by atoms with Crippen LogP contribution in [0.2, 0.25) is 0 Å². The predicted octanol–water partition coefficient (Wildman–Crippen LogP) is 0.993. The van der Waals surface area contributed by atoms with Crippen molar-refractivity contribution >= 4 is 17.5 Å². The first-order chi connectivity index (χ1) is 9.69. The van der Waals surface area contributed by atoms with E-state index in [1.54, 1.807) is 6.07 Å². The zero-order valence-electron chi connectivity index (χ0n) is 12.3. The van der Waals surface area contributed by atoms with Crippen LogP contribution in [0.25, 0.3) is 0 Å². The number of rotatable bonds is 9. The van der Waals surface area contributed by atoms with Crippen LogP contribution in [0.4, 0.5) is 11.6 Å². The van der Waals surface area contributed by atoms with Gasteiger partial charge in [-0.3, -0.25) is 4.79 Å². The van der Waals surface area contributed by atoms with Gasteiger partial charge in [-0.05, 0) is 20.8 Å². The first kappa shape index (κ1) is 16.2. The largest absolute Gasteiger partial charge is 0.374 e. The summed E-state index contributed by atoms with van der Waals surface area (Å²) in [4.78, 5) is 20.1. The third-order valence-electron chi connectivity index (χ3n) is 2.37. The number of aromatic nitrogens is 2. The summed E-state index contributed by atoms with van der Waals surface area (Å²) in [5.41, 5.74) is 0. The SMILES string of the molecule is CCNC(=O)CNc1cc(NCC)nc(COCC)n1. The first-order valence-corrected chi connectivity index (χ1v) is 6.89. The second-order valence-corrected chi connectivity index (χ2v) is 4.03. The van der Waals surface area contributed by atoms with Gasteiger partial charge in [-0.2, -0.15) is 0 Å². The monoisotopic (exact) mass is 281 g/mol. The molecule has 3 N–H and O–H groups in total. The summed E-state index contributed by atoms with van der Waals surface area (Å²) in [5, 5.41) is 8.84. The minimum Gasteiger partial charge on any atom is -0.374 e. The fourth-order valence-corrected chi connectivity index (χ4v) is 1.55. The molecule has 0 fully saturated rings. The molecule has 7 nitrogen and oxygen atoms in total. The Bertz CT molecular complexity index is 425. The van der Waals surface area contributed by atoms with Crippen molar-refractivity contribution in [2.75, 3.05) is 36.9 Å². The Labute approximate surface area is 119 Å². The van der Waals surface area contributed by atoms with Crippen LogP contribution in [0, 0.1) is 0 Å². The Morgan fingerprint density at radius 3 is 2.45 bits per heavy atom. The highest BCUT2D eigenvalue weighted by atomic mass is 16.5. The van der Waals surface area contributed by atoms with Gasteiger partial charge in [-0.1, -0.05) is 0 Å². The van der Waals surface area contributed by atoms with Crippen LogP contribution in [-0.2, 0) is 16.1 Å². The Morgan fingerprint density at radius 2 is 1.85 bits per heavy atom. The number of likely N-dealkylation sites (N-methyl/N-ethyl adjacent to an activating group) is 1. The number of amides is 1. The van der Waals surface area contributed by atoms with Gasteiger partial charge in [0.1, 0.15) is 18.2 Å². The smallest absolute Gasteiger partial charge is 0.239 e. The van der Waals surface area contributed by atoms with Crippen molar-refractivity contribution in [3.63, 3.8) is 0 Å². The molecule has 1 aromatic rings. The van der Waals surface area contributed by atoms with E-state index in [0.29, 0.717) is 31.4 Å². The standard InChI is InChI=1S/C13H23N5O2/c1-4-14-10-7-11(16-8-13(19)15-5-2)18-12(17-10)9-20-6-3/h7H,4-6,8-9H2,1-3H3,(H,15,19)(H2,14,16,17,18). The summed E-state index contributed by atoms with van der Waals surface area (Å²) in [6.07, 6.45) is 0. The van der Waals surface area contributed by atoms with E-state index < -0.39 is 0 Å². The Morgan fingerprint density at radius 1 is 1.15 bits per heavy atom. The zero-order chi connectivity index (χ0) is 14.8. The summed E-state index contributed by atoms with van der Waals surface area (Å²) in [6.45, 7) is 8.32. The van der Waals surface area contributed by atoms with E-state index in [-0.39, 0.29) is 12.5 Å². The molecule has 0 unspecified atom stereocenters. The molecule has 1 heterocycles. The maximum absolute atomic E-state index is 11.4. The van der Waals surface area contributed by atoms with Crippen LogP contribution in [0.1, 0.15) is 26.6 Å². The second-order valence-electron chi connectivity index (χ2n) is 4.03. The Balaban J connectivity index is 2.71. The summed E-state index contributed by atoms with van der Waals surface area (Å²) in [6, 6.07) is 1.78. The number of nitrogens with zero attached hydrogens (tertiary/aromatic N) is 2. The van der Waals surface area contributed by atoms with Crippen molar-refractivity contribution in [3.8, 4) is 0 Å². The topological polar surface area (TPSA) is 88.2 Å². The molecule has 0 radical (unpaired) electrons. The molecule has 0 aliphatic heterocycles. The second kappa shape index (κ2) is 9.08. The predicted molar refractivity (Wildman–Crippen MR) is 78.7 cm³/mol. The molecule has 20 heavy (non-hydrogen) atoms. The molecule has 0 spiro atoms. The molecule has 7 heteroatoms. The molecule has 0 aliphatic rings. The molecule has 0 bridgehead atoms. The number of carbonyl (C=O) groups is 1. The van der Waals surface area contributed by atoms with Crippen molar-refractivity contribution in [3.05, 3.63) is 11.9 Å². The van der Waals surface area contributed by atoms with Gasteiger partial charge in [-0.25, -0.2) is 9.97 Å². The van der Waals surface area contributed by atoms with Crippen molar-refractivity contribution < 1.29 is 9.53 Å². The summed E-state index contributed by atoms with van der Waals surface area (Å²) < 4.78 is 5.31. The number of hydrogen-bond donors (Lipinski definition) is 3. The lowest BCUT2D eigenvalue weighted by molar-refractivity contribution is -0.119. The first-order valence-electron chi connectivity index (χ1n) is 6.89. The maximum Gasteiger partial charge on any atom is 0.239 e. The molecule has 112 valence electrons. The number of ether oxygens (including phenoxy) is 1. The molecule has 0 saturated carbocycles. The van der Waals surface area contributed by atoms with Gasteiger partial charge in [-0.15, -0.1) is 0 Å². The number of anilines is 2. The van der Waals surface area contributed by atoms with Crippen molar-refractivity contribution in [2.45, 2.75) is 27.4 Å². The van der Waals surface area contributed by atoms with Gasteiger partial charge < -0.3 is 20.7 Å². The number of hydrogen-bond acceptors (Lipinski definition) is 6. The average Bonchev–Trinajstić information content (AvgIpc) is 2.43. The third-order valence-corrected chi connectivity index (χ3v) is 2.37. The van der Waals surface area contributed by atoms with Crippen molar-refractivity contribution in [1.82, 2.24) is 15.3 Å². The molecule has 0 aromatic carbocycles. The van der Waals surface area contributed by atoms with Gasteiger partial charge in [0, 0.05) is 25.8 Å². The summed E-state index contributed by atoms with van der Waals surface area (Å²) in [5.74, 6) is 1.85. The zero-order valence-corrected chi connectivity index (χ0v) is 12.3. The molecular weight excluding hydrogens is 258 g/mol. The van der Waals surface area contributed by atoms with E-state index in [9.17, 15) is 4.79 Å². The van der Waals surface area contributed by atoms with E-state index in [0.717, 1.165) is 12.4 Å². The molecule has 0 saturated heterocycles. The van der Waals surface area contributed by atoms with Crippen LogP contribution >= 0.6 is 0 Å². The fraction of sp³-hybridized carbons (Fsp3) is 0.615. The van der Waals surface area contributed by atoms with Gasteiger partial charge in [0.2, 0.25) is 5.91 Å². The van der Waals surface area contributed by atoms with Crippen LogP contribution < -0.4 is 16.0 Å². The summed E-state index contributed by atoms with van der Waals surface area (Å²) in [7, 11) is 0. The van der Waals surface area contributed by atoms with Gasteiger partial charge in [0.15, 0.2) is 5.82 Å². The number of nitrogens with one attached hydrogen (secondary N) is 3. The van der Waals surface area contributed by atoms with Crippen LogP contribution in [0.5, 0.6) is 0 Å². The van der Waals surface area contributed by atoms with Gasteiger partial charge in [0.25, 0.3) is 0 Å². The highest BCUT2D eigenvalue weighted by Gasteiger charge is 2.06. The van der Waals surface area contributed by atoms with E-state index >= 15 is 0 Å². The van der Waals surface area contributed by atoms with Crippen molar-refractivity contribution in [1.29, 1.82) is 0 Å². The third kappa shape index (κ3) is 5.83. The molecule has 0 aliphatic carbocycles. The van der Waals surface area contributed by atoms with Crippen LogP contribution in [0.3, 0.4) is 0 Å². The Kier molecular flexibility index (Phi) is 7.34. The quantitative estimate of drug-likeness (QED) is 0.625. The van der Waals surface area contributed by atoms with E-state index in [1.165, 1.54) is 0 Å². The highest BCUT2D eigenvalue weighted by molar-refractivity contribution is 5.80. The lowest BCUT2D eigenvalue weighted by Crippen LogP contribution is -2.29. The number of carbonyl (C=O) groups excluding carboxylic acids is 1. The van der Waals surface area contributed by atoms with Gasteiger partial charge >= 0.3 is 0 Å². The minimum absolute atomic E-state index is 0.0672. The van der Waals surface area contributed by atoms with Crippen LogP contribution in [-0.4, -0.2) is 42.1 Å². The van der Waals surface area contributed by atoms with E-state index in [4.69, 9.17) is 4.74 Å². The minimum atomic E-state index is -0.0672. The fourth-order valence-electron chi connectivity index (χ4n) is 1.55. The van der Waals surface area contributed by atoms with E-state index in [2.05, 4.69) is 25.9 Å². The van der Waals surface area contributed by atoms with Crippen LogP contribution in [0.15, 0.2) is 6.07 Å². The summed E-state index contributed by atoms with van der Waals surface area (Å²) >= 11 is 0. The molecule has 0 atom stereocenters.